The largest absolute Gasteiger partial charge is 0.504 e. The number of phenols is 2. The number of carbonyl (C=O) groups excluding carboxylic acids is 2. The van der Waals surface area contributed by atoms with Crippen molar-refractivity contribution < 1.29 is 43.7 Å². The zero-order valence-corrected chi connectivity index (χ0v) is 31.4. The van der Waals surface area contributed by atoms with Crippen molar-refractivity contribution in [2.24, 2.45) is 0 Å². The highest BCUT2D eigenvalue weighted by Crippen LogP contribution is 2.29. The molecular weight excluding hydrogens is 721 g/mol. The van der Waals surface area contributed by atoms with Crippen molar-refractivity contribution in [3.8, 4) is 23.0 Å². The summed E-state index contributed by atoms with van der Waals surface area (Å²) in [4.78, 5) is 28.3. The number of nitrogens with zero attached hydrogens (tertiary/aromatic N) is 1. The Hall–Kier alpha value is -7.07. The minimum atomic E-state index is -0.585. The number of rotatable bonds is 16. The Labute approximate surface area is 332 Å². The number of hydrogen-bond acceptors (Lipinski definition) is 8. The van der Waals surface area contributed by atoms with E-state index in [0.29, 0.717) is 69.8 Å². The van der Waals surface area contributed by atoms with Gasteiger partial charge in [0.25, 0.3) is 6.47 Å². The highest BCUT2D eigenvalue weighted by molar-refractivity contribution is 5.97. The standard InChI is InChI=1S/C39H36N2O6.C8H8O2/c42-34-23-28(16-18-36(34)45-25-29-10-4-1-5-11-29)20-21-41-38(44)33(40-39(41)47-27-31-14-8-3-9-15-31)22-32-17-19-37(35(43)24-32)46-26-30-12-6-2-7-13-30;9-7-10-6-8-4-2-1-3-5-8/h1-19,23-24,33,42-43H,20-22,25-27H2;1-5,7H,6H2/p+1. The second kappa shape index (κ2) is 20.6. The molecule has 57 heavy (non-hydrogen) atoms. The molecule has 0 saturated carbocycles. The molecule has 1 heterocycles. The van der Waals surface area contributed by atoms with E-state index in [1.807, 2.05) is 133 Å². The summed E-state index contributed by atoms with van der Waals surface area (Å²) in [7, 11) is 0. The quantitative estimate of drug-likeness (QED) is 0.0986. The molecule has 6 aromatic carbocycles. The number of nitrogens with one attached hydrogen (secondary N) is 1. The Morgan fingerprint density at radius 3 is 1.46 bits per heavy atom. The molecular formula is C47H45N2O8+. The summed E-state index contributed by atoms with van der Waals surface area (Å²) in [5, 5.41) is 21.3. The SMILES string of the molecule is O=C1C(Cc2ccc(OCc3ccccc3)c(O)c2)[NH+]=C(OCc2ccccc2)N1CCc1ccc(OCc2ccccc2)c(O)c1.O=COCc1ccccc1. The molecule has 0 radical (unpaired) electrons. The first kappa shape index (κ1) is 39.6. The second-order valence-corrected chi connectivity index (χ2v) is 13.3. The van der Waals surface area contributed by atoms with Gasteiger partial charge in [0.1, 0.15) is 33.0 Å². The summed E-state index contributed by atoms with van der Waals surface area (Å²) in [6.07, 6.45) is 0.827. The average Bonchev–Trinajstić information content (AvgIpc) is 3.54. The molecule has 1 amide bonds. The summed E-state index contributed by atoms with van der Waals surface area (Å²) in [6.45, 7) is 2.14. The topological polar surface area (TPSA) is 129 Å². The zero-order valence-electron chi connectivity index (χ0n) is 31.4. The summed E-state index contributed by atoms with van der Waals surface area (Å²) in [5.41, 5.74) is 5.62. The van der Waals surface area contributed by atoms with Crippen LogP contribution in [0.5, 0.6) is 23.0 Å². The predicted octanol–water partition coefficient (Wildman–Crippen LogP) is 6.26. The molecule has 1 aliphatic heterocycles. The van der Waals surface area contributed by atoms with Gasteiger partial charge in [-0.25, -0.2) is 9.79 Å². The normalized spacial score (nSPS) is 13.2. The van der Waals surface area contributed by atoms with Gasteiger partial charge in [0, 0.05) is 12.8 Å². The van der Waals surface area contributed by atoms with Gasteiger partial charge in [0.05, 0.1) is 0 Å². The van der Waals surface area contributed by atoms with E-state index in [1.54, 1.807) is 29.2 Å². The Balaban J connectivity index is 0.000000479. The number of phenolic OH excluding ortho intramolecular Hbond substituents is 2. The number of hydrogen-bond donors (Lipinski definition) is 3. The van der Waals surface area contributed by atoms with Crippen molar-refractivity contribution in [1.29, 1.82) is 0 Å². The van der Waals surface area contributed by atoms with Crippen LogP contribution in [0.2, 0.25) is 0 Å². The molecule has 0 fully saturated rings. The molecule has 0 aromatic heterocycles. The van der Waals surface area contributed by atoms with Crippen LogP contribution in [0.3, 0.4) is 0 Å². The van der Waals surface area contributed by atoms with Gasteiger partial charge in [-0.2, -0.15) is 4.90 Å². The third-order valence-corrected chi connectivity index (χ3v) is 9.07. The molecule has 290 valence electrons. The van der Waals surface area contributed by atoms with Crippen LogP contribution in [0.15, 0.2) is 158 Å². The summed E-state index contributed by atoms with van der Waals surface area (Å²) in [5.74, 6) is 0.700. The van der Waals surface area contributed by atoms with Crippen LogP contribution in [0.25, 0.3) is 0 Å². The monoisotopic (exact) mass is 765 g/mol. The van der Waals surface area contributed by atoms with Crippen LogP contribution < -0.4 is 14.5 Å². The molecule has 10 nitrogen and oxygen atoms in total. The van der Waals surface area contributed by atoms with E-state index in [9.17, 15) is 19.8 Å². The maximum Gasteiger partial charge on any atom is 0.452 e. The molecule has 6 aromatic rings. The van der Waals surface area contributed by atoms with Gasteiger partial charge in [0.2, 0.25) is 6.04 Å². The molecule has 1 atom stereocenters. The van der Waals surface area contributed by atoms with Crippen molar-refractivity contribution in [3.05, 3.63) is 191 Å². The highest BCUT2D eigenvalue weighted by Gasteiger charge is 2.43. The molecule has 1 unspecified atom stereocenters. The summed E-state index contributed by atoms with van der Waals surface area (Å²) in [6, 6.07) is 49.1. The average molecular weight is 766 g/mol. The Kier molecular flexibility index (Phi) is 14.3. The third kappa shape index (κ3) is 12.0. The Morgan fingerprint density at radius 1 is 0.544 bits per heavy atom. The Morgan fingerprint density at radius 2 is 0.982 bits per heavy atom. The second-order valence-electron chi connectivity index (χ2n) is 13.3. The first-order valence-corrected chi connectivity index (χ1v) is 18.6. The number of aromatic hydroxyl groups is 2. The van der Waals surface area contributed by atoms with Gasteiger partial charge in [-0.15, -0.1) is 0 Å². The van der Waals surface area contributed by atoms with Gasteiger partial charge >= 0.3 is 11.9 Å². The summed E-state index contributed by atoms with van der Waals surface area (Å²) >= 11 is 0. The van der Waals surface area contributed by atoms with Crippen molar-refractivity contribution in [2.75, 3.05) is 6.54 Å². The van der Waals surface area contributed by atoms with Crippen molar-refractivity contribution >= 4 is 18.4 Å². The number of carbonyl (C=O) groups is 2. The third-order valence-electron chi connectivity index (χ3n) is 9.07. The molecule has 0 aliphatic carbocycles. The van der Waals surface area contributed by atoms with E-state index in [1.165, 1.54) is 0 Å². The number of amides is 1. The van der Waals surface area contributed by atoms with Crippen LogP contribution >= 0.6 is 0 Å². The van der Waals surface area contributed by atoms with Crippen molar-refractivity contribution in [1.82, 2.24) is 4.90 Å². The smallest absolute Gasteiger partial charge is 0.452 e. The van der Waals surface area contributed by atoms with Gasteiger partial charge in [-0.3, -0.25) is 4.79 Å². The van der Waals surface area contributed by atoms with Crippen LogP contribution in [0, 0.1) is 0 Å². The van der Waals surface area contributed by atoms with Gasteiger partial charge < -0.3 is 29.2 Å². The van der Waals surface area contributed by atoms with Gasteiger partial charge in [-0.05, 0) is 57.6 Å². The van der Waals surface area contributed by atoms with Gasteiger partial charge in [-0.1, -0.05) is 133 Å². The predicted molar refractivity (Wildman–Crippen MR) is 215 cm³/mol. The lowest BCUT2D eigenvalue weighted by atomic mass is 10.0. The van der Waals surface area contributed by atoms with Crippen LogP contribution in [0.4, 0.5) is 0 Å². The molecule has 0 bridgehead atoms. The summed E-state index contributed by atoms with van der Waals surface area (Å²) < 4.78 is 22.3. The first-order chi connectivity index (χ1) is 27.9. The molecule has 3 N–H and O–H groups in total. The van der Waals surface area contributed by atoms with Crippen molar-refractivity contribution in [3.63, 3.8) is 0 Å². The minimum absolute atomic E-state index is 0.0151. The van der Waals surface area contributed by atoms with Crippen LogP contribution in [-0.2, 0) is 58.3 Å². The van der Waals surface area contributed by atoms with Crippen LogP contribution in [-0.4, -0.2) is 46.1 Å². The lowest BCUT2D eigenvalue weighted by molar-refractivity contribution is -0.490. The molecule has 0 saturated heterocycles. The van der Waals surface area contributed by atoms with E-state index < -0.39 is 6.04 Å². The molecule has 7 rings (SSSR count). The molecule has 10 heteroatoms. The number of amidine groups is 1. The zero-order chi connectivity index (χ0) is 39.7. The van der Waals surface area contributed by atoms with E-state index in [-0.39, 0.29) is 17.4 Å². The maximum absolute atomic E-state index is 13.7. The van der Waals surface area contributed by atoms with Crippen molar-refractivity contribution in [2.45, 2.75) is 45.3 Å². The van der Waals surface area contributed by atoms with Crippen LogP contribution in [0.1, 0.15) is 33.4 Å². The van der Waals surface area contributed by atoms with E-state index in [0.717, 1.165) is 33.4 Å². The van der Waals surface area contributed by atoms with E-state index in [4.69, 9.17) is 14.2 Å². The lowest BCUT2D eigenvalue weighted by Gasteiger charge is -2.13. The molecule has 0 spiro atoms. The number of benzene rings is 6. The molecule has 1 aliphatic rings. The Bertz CT molecular complexity index is 2200. The first-order valence-electron chi connectivity index (χ1n) is 18.6. The fourth-order valence-corrected chi connectivity index (χ4v) is 6.08. The maximum atomic E-state index is 13.7. The lowest BCUT2D eigenvalue weighted by Crippen LogP contribution is -2.78. The minimum Gasteiger partial charge on any atom is -0.504 e. The van der Waals surface area contributed by atoms with Gasteiger partial charge in [0.15, 0.2) is 23.0 Å². The fraction of sp³-hybridized carbons (Fsp3) is 0.170. The fourth-order valence-electron chi connectivity index (χ4n) is 6.08. The van der Waals surface area contributed by atoms with E-state index >= 15 is 0 Å². The van der Waals surface area contributed by atoms with E-state index in [2.05, 4.69) is 9.73 Å². The highest BCUT2D eigenvalue weighted by atomic mass is 16.5. The number of ether oxygens (including phenoxy) is 4.